The standard InChI is InChI=1S/C13H12BrN3O3S/c1-20-10-4-5-21-11(10)13(18)16-9-6-7(14)2-3-8(9)12(15)17-19/h2-6,19H,1H3,(H2,15,17)(H,16,18). The maximum atomic E-state index is 12.3. The first-order valence-corrected chi connectivity index (χ1v) is 7.44. The van der Waals surface area contributed by atoms with Crippen molar-refractivity contribution in [3.8, 4) is 5.75 Å². The van der Waals surface area contributed by atoms with Gasteiger partial charge in [-0.3, -0.25) is 4.79 Å². The molecule has 1 amide bonds. The van der Waals surface area contributed by atoms with Gasteiger partial charge in [0.05, 0.1) is 12.8 Å². The van der Waals surface area contributed by atoms with E-state index < -0.39 is 0 Å². The van der Waals surface area contributed by atoms with E-state index in [1.807, 2.05) is 0 Å². The van der Waals surface area contributed by atoms with Gasteiger partial charge in [-0.15, -0.1) is 11.3 Å². The van der Waals surface area contributed by atoms with Crippen LogP contribution in [0.15, 0.2) is 39.3 Å². The van der Waals surface area contributed by atoms with E-state index in [-0.39, 0.29) is 11.7 Å². The van der Waals surface area contributed by atoms with E-state index in [0.29, 0.717) is 21.9 Å². The fourth-order valence-electron chi connectivity index (χ4n) is 1.70. The maximum Gasteiger partial charge on any atom is 0.269 e. The second kappa shape index (κ2) is 6.59. The molecule has 21 heavy (non-hydrogen) atoms. The Morgan fingerprint density at radius 3 is 2.90 bits per heavy atom. The van der Waals surface area contributed by atoms with Crippen LogP contribution in [0.25, 0.3) is 0 Å². The minimum Gasteiger partial charge on any atom is -0.495 e. The minimum absolute atomic E-state index is 0.0871. The summed E-state index contributed by atoms with van der Waals surface area (Å²) in [7, 11) is 1.50. The van der Waals surface area contributed by atoms with Crippen molar-refractivity contribution >= 4 is 44.7 Å². The average molecular weight is 370 g/mol. The number of amidine groups is 1. The zero-order chi connectivity index (χ0) is 15.4. The highest BCUT2D eigenvalue weighted by Crippen LogP contribution is 2.27. The van der Waals surface area contributed by atoms with E-state index in [2.05, 4.69) is 26.4 Å². The smallest absolute Gasteiger partial charge is 0.269 e. The number of ether oxygens (including phenoxy) is 1. The minimum atomic E-state index is -0.327. The molecule has 0 fully saturated rings. The van der Waals surface area contributed by atoms with Gasteiger partial charge in [-0.05, 0) is 29.6 Å². The highest BCUT2D eigenvalue weighted by Gasteiger charge is 2.17. The summed E-state index contributed by atoms with van der Waals surface area (Å²) in [5, 5.41) is 16.3. The molecule has 6 nitrogen and oxygen atoms in total. The Hall–Kier alpha value is -2.06. The number of methoxy groups -OCH3 is 1. The molecule has 2 rings (SSSR count). The lowest BCUT2D eigenvalue weighted by Gasteiger charge is -2.10. The van der Waals surface area contributed by atoms with Crippen molar-refractivity contribution in [2.45, 2.75) is 0 Å². The molecule has 0 atom stereocenters. The summed E-state index contributed by atoms with van der Waals surface area (Å²) >= 11 is 4.58. The van der Waals surface area contributed by atoms with E-state index >= 15 is 0 Å². The Bertz CT molecular complexity index is 700. The number of benzene rings is 1. The van der Waals surface area contributed by atoms with Crippen LogP contribution in [0.4, 0.5) is 5.69 Å². The van der Waals surface area contributed by atoms with E-state index in [4.69, 9.17) is 15.7 Å². The molecule has 0 aliphatic carbocycles. The van der Waals surface area contributed by atoms with Gasteiger partial charge in [-0.1, -0.05) is 21.1 Å². The van der Waals surface area contributed by atoms with Crippen molar-refractivity contribution in [2.24, 2.45) is 10.9 Å². The third kappa shape index (κ3) is 3.34. The molecule has 1 aromatic carbocycles. The van der Waals surface area contributed by atoms with Gasteiger partial charge in [0.1, 0.15) is 10.6 Å². The summed E-state index contributed by atoms with van der Waals surface area (Å²) in [6.07, 6.45) is 0. The van der Waals surface area contributed by atoms with Gasteiger partial charge in [-0.2, -0.15) is 0 Å². The molecule has 1 aromatic heterocycles. The van der Waals surface area contributed by atoms with Gasteiger partial charge in [-0.25, -0.2) is 0 Å². The predicted molar refractivity (Wildman–Crippen MR) is 85.5 cm³/mol. The molecule has 0 spiro atoms. The van der Waals surface area contributed by atoms with E-state index in [0.717, 1.165) is 4.47 Å². The third-order valence-electron chi connectivity index (χ3n) is 2.67. The summed E-state index contributed by atoms with van der Waals surface area (Å²) in [6, 6.07) is 6.76. The number of anilines is 1. The van der Waals surface area contributed by atoms with E-state index in [9.17, 15) is 4.79 Å². The number of halogens is 1. The molecule has 0 bridgehead atoms. The van der Waals surface area contributed by atoms with Crippen molar-refractivity contribution < 1.29 is 14.7 Å². The molecule has 1 heterocycles. The number of nitrogens with two attached hydrogens (primary N) is 1. The molecule has 0 unspecified atom stereocenters. The molecular formula is C13H12BrN3O3S. The molecule has 0 aliphatic heterocycles. The van der Waals surface area contributed by atoms with Crippen LogP contribution in [0.3, 0.4) is 0 Å². The van der Waals surface area contributed by atoms with Crippen LogP contribution < -0.4 is 15.8 Å². The Morgan fingerprint density at radius 2 is 2.24 bits per heavy atom. The van der Waals surface area contributed by atoms with Crippen LogP contribution in [0.1, 0.15) is 15.2 Å². The number of carbonyl (C=O) groups is 1. The first kappa shape index (κ1) is 15.3. The third-order valence-corrected chi connectivity index (χ3v) is 4.06. The van der Waals surface area contributed by atoms with Crippen LogP contribution in [0, 0.1) is 0 Å². The van der Waals surface area contributed by atoms with Gasteiger partial charge in [0.2, 0.25) is 0 Å². The Balaban J connectivity index is 2.35. The fourth-order valence-corrected chi connectivity index (χ4v) is 2.81. The number of carbonyl (C=O) groups excluding carboxylic acids is 1. The monoisotopic (exact) mass is 369 g/mol. The molecular weight excluding hydrogens is 358 g/mol. The summed E-state index contributed by atoms with van der Waals surface area (Å²) in [5.74, 6) is 0.0840. The molecule has 110 valence electrons. The fraction of sp³-hybridized carbons (Fsp3) is 0.0769. The molecule has 0 aliphatic rings. The normalized spacial score (nSPS) is 11.2. The molecule has 4 N–H and O–H groups in total. The van der Waals surface area contributed by atoms with Crippen LogP contribution >= 0.6 is 27.3 Å². The van der Waals surface area contributed by atoms with Crippen molar-refractivity contribution in [3.05, 3.63) is 44.6 Å². The number of nitrogens with one attached hydrogen (secondary N) is 1. The van der Waals surface area contributed by atoms with Crippen LogP contribution in [0.2, 0.25) is 0 Å². The lowest BCUT2D eigenvalue weighted by Crippen LogP contribution is -2.19. The maximum absolute atomic E-state index is 12.3. The molecule has 8 heteroatoms. The van der Waals surface area contributed by atoms with Crippen molar-refractivity contribution in [1.29, 1.82) is 0 Å². The summed E-state index contributed by atoms with van der Waals surface area (Å²) < 4.78 is 5.87. The van der Waals surface area contributed by atoms with Gasteiger partial charge in [0.25, 0.3) is 5.91 Å². The van der Waals surface area contributed by atoms with Crippen molar-refractivity contribution in [3.63, 3.8) is 0 Å². The van der Waals surface area contributed by atoms with Crippen LogP contribution in [-0.2, 0) is 0 Å². The van der Waals surface area contributed by atoms with Gasteiger partial charge >= 0.3 is 0 Å². The number of rotatable bonds is 4. The predicted octanol–water partition coefficient (Wildman–Crippen LogP) is 2.87. The highest BCUT2D eigenvalue weighted by atomic mass is 79.9. The summed E-state index contributed by atoms with van der Waals surface area (Å²) in [4.78, 5) is 12.7. The van der Waals surface area contributed by atoms with Gasteiger partial charge in [0.15, 0.2) is 5.84 Å². The Morgan fingerprint density at radius 1 is 1.48 bits per heavy atom. The van der Waals surface area contributed by atoms with Gasteiger partial charge in [0, 0.05) is 10.0 Å². The Labute approximate surface area is 133 Å². The second-order valence-corrected chi connectivity index (χ2v) is 5.78. The molecule has 0 saturated carbocycles. The largest absolute Gasteiger partial charge is 0.495 e. The van der Waals surface area contributed by atoms with E-state index in [1.54, 1.807) is 29.6 Å². The lowest BCUT2D eigenvalue weighted by molar-refractivity contribution is 0.102. The molecule has 0 saturated heterocycles. The first-order valence-electron chi connectivity index (χ1n) is 5.77. The molecule has 2 aromatic rings. The van der Waals surface area contributed by atoms with Crippen LogP contribution in [0.5, 0.6) is 5.75 Å². The highest BCUT2D eigenvalue weighted by molar-refractivity contribution is 9.10. The number of hydrogen-bond donors (Lipinski definition) is 3. The zero-order valence-electron chi connectivity index (χ0n) is 11.0. The SMILES string of the molecule is COc1ccsc1C(=O)Nc1cc(Br)ccc1/C(N)=N/O. The van der Waals surface area contributed by atoms with Crippen LogP contribution in [-0.4, -0.2) is 24.1 Å². The number of amides is 1. The summed E-state index contributed by atoms with van der Waals surface area (Å²) in [6.45, 7) is 0. The lowest BCUT2D eigenvalue weighted by atomic mass is 10.1. The second-order valence-electron chi connectivity index (χ2n) is 3.95. The Kier molecular flexibility index (Phi) is 4.81. The topological polar surface area (TPSA) is 96.9 Å². The van der Waals surface area contributed by atoms with E-state index in [1.165, 1.54) is 18.4 Å². The van der Waals surface area contributed by atoms with Crippen molar-refractivity contribution in [2.75, 3.05) is 12.4 Å². The number of hydrogen-bond acceptors (Lipinski definition) is 5. The zero-order valence-corrected chi connectivity index (χ0v) is 13.4. The number of nitrogens with zero attached hydrogens (tertiary/aromatic N) is 1. The quantitative estimate of drug-likeness (QED) is 0.334. The first-order chi connectivity index (χ1) is 10.1. The van der Waals surface area contributed by atoms with Crippen molar-refractivity contribution in [1.82, 2.24) is 0 Å². The average Bonchev–Trinajstić information content (AvgIpc) is 2.95. The number of oxime groups is 1. The van der Waals surface area contributed by atoms with Gasteiger partial charge < -0.3 is 21.0 Å². The number of thiophene rings is 1. The summed E-state index contributed by atoms with van der Waals surface area (Å²) in [5.41, 5.74) is 6.46. The molecule has 0 radical (unpaired) electrons.